The van der Waals surface area contributed by atoms with Gasteiger partial charge in [0.05, 0.1) is 5.69 Å². The second kappa shape index (κ2) is 10.4. The third kappa shape index (κ3) is 6.77. The first-order valence-corrected chi connectivity index (χ1v) is 9.30. The van der Waals surface area contributed by atoms with Crippen molar-refractivity contribution >= 4 is 11.9 Å². The molecule has 0 atom stereocenters. The summed E-state index contributed by atoms with van der Waals surface area (Å²) in [4.78, 5) is 16.3. The summed E-state index contributed by atoms with van der Waals surface area (Å²) in [5.74, 6) is 0.668. The molecule has 1 aromatic heterocycles. The molecule has 146 valence electrons. The van der Waals surface area contributed by atoms with Crippen LogP contribution in [0.3, 0.4) is 0 Å². The van der Waals surface area contributed by atoms with Crippen molar-refractivity contribution in [3.8, 4) is 0 Å². The number of guanidine groups is 1. The van der Waals surface area contributed by atoms with E-state index in [4.69, 9.17) is 0 Å². The van der Waals surface area contributed by atoms with Crippen molar-refractivity contribution < 1.29 is 4.79 Å². The Hall–Kier alpha value is -2.83. The Labute approximate surface area is 161 Å². The fourth-order valence-corrected chi connectivity index (χ4v) is 2.80. The summed E-state index contributed by atoms with van der Waals surface area (Å²) >= 11 is 0. The highest BCUT2D eigenvalue weighted by Gasteiger charge is 2.05. The highest BCUT2D eigenvalue weighted by molar-refractivity contribution is 5.94. The van der Waals surface area contributed by atoms with E-state index in [1.165, 1.54) is 5.69 Å². The molecular weight excluding hydrogens is 340 g/mol. The van der Waals surface area contributed by atoms with Crippen molar-refractivity contribution in [3.05, 3.63) is 52.8 Å². The van der Waals surface area contributed by atoms with E-state index in [1.807, 2.05) is 42.8 Å². The van der Waals surface area contributed by atoms with Crippen molar-refractivity contribution in [1.82, 2.24) is 25.7 Å². The lowest BCUT2D eigenvalue weighted by Gasteiger charge is -2.13. The van der Waals surface area contributed by atoms with Gasteiger partial charge in [0.25, 0.3) is 5.91 Å². The monoisotopic (exact) mass is 370 g/mol. The van der Waals surface area contributed by atoms with E-state index in [-0.39, 0.29) is 5.91 Å². The minimum Gasteiger partial charge on any atom is -0.356 e. The number of hydrogen-bond donors (Lipinski definition) is 3. The highest BCUT2D eigenvalue weighted by atomic mass is 16.1. The molecule has 7 nitrogen and oxygen atoms in total. The van der Waals surface area contributed by atoms with Crippen LogP contribution < -0.4 is 16.0 Å². The second-order valence-electron chi connectivity index (χ2n) is 6.55. The van der Waals surface area contributed by atoms with Gasteiger partial charge in [-0.15, -0.1) is 0 Å². The van der Waals surface area contributed by atoms with Gasteiger partial charge in [0.1, 0.15) is 0 Å². The summed E-state index contributed by atoms with van der Waals surface area (Å²) < 4.78 is 2.02. The Morgan fingerprint density at radius 3 is 2.48 bits per heavy atom. The molecule has 0 spiro atoms. The Morgan fingerprint density at radius 1 is 1.07 bits per heavy atom. The van der Waals surface area contributed by atoms with E-state index in [9.17, 15) is 4.79 Å². The fourth-order valence-electron chi connectivity index (χ4n) is 2.80. The van der Waals surface area contributed by atoms with Gasteiger partial charge in [0.15, 0.2) is 5.96 Å². The van der Waals surface area contributed by atoms with Crippen LogP contribution in [0.5, 0.6) is 0 Å². The third-order valence-electron chi connectivity index (χ3n) is 4.15. The van der Waals surface area contributed by atoms with Crippen LogP contribution in [0.4, 0.5) is 0 Å². The predicted octanol–water partition coefficient (Wildman–Crippen LogP) is 1.79. The molecule has 0 radical (unpaired) electrons. The maximum absolute atomic E-state index is 12.1. The molecule has 27 heavy (non-hydrogen) atoms. The zero-order valence-electron chi connectivity index (χ0n) is 16.7. The number of aliphatic imine (C=N–C) groups is 1. The minimum absolute atomic E-state index is 0.0617. The summed E-state index contributed by atoms with van der Waals surface area (Å²) in [5.41, 5.74) is 3.98. The SMILES string of the molecule is CN=C(NCCCn1nc(C)cc1C)NCCNC(=O)c1cccc(C)c1. The van der Waals surface area contributed by atoms with Crippen molar-refractivity contribution in [3.63, 3.8) is 0 Å². The zero-order chi connectivity index (χ0) is 19.6. The van der Waals surface area contributed by atoms with Gasteiger partial charge < -0.3 is 16.0 Å². The fraction of sp³-hybridized carbons (Fsp3) is 0.450. The average Bonchev–Trinajstić information content (AvgIpc) is 2.97. The number of carbonyl (C=O) groups excluding carboxylic acids is 1. The molecule has 0 bridgehead atoms. The standard InChI is InChI=1S/C20H30N6O/c1-15-7-5-8-18(13-15)19(27)22-10-11-24-20(21-4)23-9-6-12-26-17(3)14-16(2)25-26/h5,7-8,13-14H,6,9-12H2,1-4H3,(H,22,27)(H2,21,23,24). The van der Waals surface area contributed by atoms with Crippen LogP contribution in [-0.4, -0.2) is 48.3 Å². The highest BCUT2D eigenvalue weighted by Crippen LogP contribution is 2.03. The van der Waals surface area contributed by atoms with Gasteiger partial charge in [-0.25, -0.2) is 0 Å². The van der Waals surface area contributed by atoms with Crippen molar-refractivity contribution in [2.75, 3.05) is 26.7 Å². The summed E-state index contributed by atoms with van der Waals surface area (Å²) in [7, 11) is 1.74. The van der Waals surface area contributed by atoms with E-state index < -0.39 is 0 Å². The van der Waals surface area contributed by atoms with Crippen LogP contribution in [0.25, 0.3) is 0 Å². The lowest BCUT2D eigenvalue weighted by Crippen LogP contribution is -2.42. The molecule has 0 aliphatic carbocycles. The lowest BCUT2D eigenvalue weighted by atomic mass is 10.1. The molecule has 3 N–H and O–H groups in total. The number of amides is 1. The number of nitrogens with one attached hydrogen (secondary N) is 3. The summed E-state index contributed by atoms with van der Waals surface area (Å²) in [6.45, 7) is 8.85. The number of aromatic nitrogens is 2. The largest absolute Gasteiger partial charge is 0.356 e. The first kappa shape index (κ1) is 20.5. The Morgan fingerprint density at radius 2 is 1.81 bits per heavy atom. The van der Waals surface area contributed by atoms with E-state index in [2.05, 4.69) is 39.0 Å². The Kier molecular flexibility index (Phi) is 7.85. The molecule has 0 saturated heterocycles. The number of nitrogens with zero attached hydrogens (tertiary/aromatic N) is 3. The van der Waals surface area contributed by atoms with Crippen LogP contribution >= 0.6 is 0 Å². The van der Waals surface area contributed by atoms with Gasteiger partial charge in [-0.2, -0.15) is 5.10 Å². The molecule has 2 rings (SSSR count). The van der Waals surface area contributed by atoms with Gasteiger partial charge in [0, 0.05) is 44.5 Å². The second-order valence-corrected chi connectivity index (χ2v) is 6.55. The van der Waals surface area contributed by atoms with Gasteiger partial charge >= 0.3 is 0 Å². The molecule has 0 aliphatic rings. The van der Waals surface area contributed by atoms with Gasteiger partial charge in [-0.1, -0.05) is 17.7 Å². The smallest absolute Gasteiger partial charge is 0.251 e. The van der Waals surface area contributed by atoms with E-state index in [1.54, 1.807) is 7.05 Å². The van der Waals surface area contributed by atoms with Crippen LogP contribution in [-0.2, 0) is 6.54 Å². The molecule has 1 amide bonds. The summed E-state index contributed by atoms with van der Waals surface area (Å²) in [5, 5.41) is 13.8. The number of carbonyl (C=O) groups is 1. The van der Waals surface area contributed by atoms with Crippen LogP contribution in [0.1, 0.15) is 33.7 Å². The number of benzene rings is 1. The molecule has 1 heterocycles. The first-order chi connectivity index (χ1) is 13.0. The zero-order valence-corrected chi connectivity index (χ0v) is 16.7. The van der Waals surface area contributed by atoms with Crippen LogP contribution in [0.15, 0.2) is 35.3 Å². The lowest BCUT2D eigenvalue weighted by molar-refractivity contribution is 0.0954. The normalized spacial score (nSPS) is 11.3. The number of rotatable bonds is 8. The van der Waals surface area contributed by atoms with Crippen molar-refractivity contribution in [2.45, 2.75) is 33.7 Å². The topological polar surface area (TPSA) is 83.3 Å². The minimum atomic E-state index is -0.0617. The van der Waals surface area contributed by atoms with Crippen molar-refractivity contribution in [1.29, 1.82) is 0 Å². The molecule has 0 saturated carbocycles. The average molecular weight is 371 g/mol. The predicted molar refractivity (Wildman–Crippen MR) is 109 cm³/mol. The molecule has 2 aromatic rings. The molecule has 0 unspecified atom stereocenters. The Bertz CT molecular complexity index is 781. The van der Waals surface area contributed by atoms with E-state index >= 15 is 0 Å². The molecule has 7 heteroatoms. The molecular formula is C20H30N6O. The van der Waals surface area contributed by atoms with Gasteiger partial charge in [0.2, 0.25) is 0 Å². The van der Waals surface area contributed by atoms with Gasteiger partial charge in [-0.3, -0.25) is 14.5 Å². The van der Waals surface area contributed by atoms with Crippen LogP contribution in [0.2, 0.25) is 0 Å². The third-order valence-corrected chi connectivity index (χ3v) is 4.15. The number of hydrogen-bond acceptors (Lipinski definition) is 3. The summed E-state index contributed by atoms with van der Waals surface area (Å²) in [6, 6.07) is 9.65. The van der Waals surface area contributed by atoms with E-state index in [0.717, 1.165) is 36.7 Å². The van der Waals surface area contributed by atoms with Crippen LogP contribution in [0, 0.1) is 20.8 Å². The van der Waals surface area contributed by atoms with Gasteiger partial charge in [-0.05, 0) is 45.4 Å². The van der Waals surface area contributed by atoms with Crippen molar-refractivity contribution in [2.24, 2.45) is 4.99 Å². The maximum atomic E-state index is 12.1. The number of aryl methyl sites for hydroxylation is 4. The summed E-state index contributed by atoms with van der Waals surface area (Å²) in [6.07, 6.45) is 0.951. The van der Waals surface area contributed by atoms with E-state index in [0.29, 0.717) is 18.7 Å². The quantitative estimate of drug-likeness (QED) is 0.376. The molecule has 1 aromatic carbocycles. The molecule has 0 fully saturated rings. The Balaban J connectivity index is 1.62. The maximum Gasteiger partial charge on any atom is 0.251 e. The first-order valence-electron chi connectivity index (χ1n) is 9.30. The molecule has 0 aliphatic heterocycles.